The van der Waals surface area contributed by atoms with E-state index in [0.29, 0.717) is 42.9 Å². The topological polar surface area (TPSA) is 75.7 Å². The summed E-state index contributed by atoms with van der Waals surface area (Å²) >= 11 is 6.01. The highest BCUT2D eigenvalue weighted by Gasteiger charge is 2.32. The number of hydrogen-bond acceptors (Lipinski definition) is 4. The molecule has 0 radical (unpaired) electrons. The van der Waals surface area contributed by atoms with Gasteiger partial charge in [0.25, 0.3) is 0 Å². The minimum absolute atomic E-state index is 0.193. The van der Waals surface area contributed by atoms with Gasteiger partial charge in [-0.3, -0.25) is 0 Å². The van der Waals surface area contributed by atoms with Gasteiger partial charge >= 0.3 is 6.09 Å². The Balaban J connectivity index is 1.98. The van der Waals surface area contributed by atoms with Crippen LogP contribution in [0.25, 0.3) is 0 Å². The third-order valence-electron chi connectivity index (χ3n) is 4.44. The number of amides is 1. The first-order valence-electron chi connectivity index (χ1n) is 9.26. The average Bonchev–Trinajstić information content (AvgIpc) is 2.54. The van der Waals surface area contributed by atoms with Gasteiger partial charge in [0, 0.05) is 24.2 Å². The van der Waals surface area contributed by atoms with Crippen molar-refractivity contribution in [2.24, 2.45) is 0 Å². The number of rotatable bonds is 5. The second kappa shape index (κ2) is 8.80. The highest BCUT2D eigenvalue weighted by molar-refractivity contribution is 7.89. The Kier molecular flexibility index (Phi) is 7.16. The lowest BCUT2D eigenvalue weighted by atomic mass is 10.1. The van der Waals surface area contributed by atoms with Gasteiger partial charge in [-0.25, -0.2) is 17.9 Å². The Labute approximate surface area is 167 Å². The molecule has 1 unspecified atom stereocenters. The smallest absolute Gasteiger partial charge is 0.410 e. The lowest BCUT2D eigenvalue weighted by Gasteiger charge is -2.34. The molecule has 1 heterocycles. The van der Waals surface area contributed by atoms with Crippen LogP contribution in [0.4, 0.5) is 4.79 Å². The average molecular weight is 417 g/mol. The number of nitrogens with one attached hydrogen (secondary N) is 1. The molecule has 0 aromatic heterocycles. The van der Waals surface area contributed by atoms with Crippen molar-refractivity contribution in [3.63, 3.8) is 0 Å². The first-order chi connectivity index (χ1) is 12.5. The molecule has 1 atom stereocenters. The number of piperidine rings is 1. The Bertz CT molecular complexity index is 753. The van der Waals surface area contributed by atoms with Gasteiger partial charge in [0.1, 0.15) is 10.9 Å². The molecule has 0 saturated carbocycles. The molecule has 1 aromatic rings. The summed E-state index contributed by atoms with van der Waals surface area (Å²) < 4.78 is 34.0. The van der Waals surface area contributed by atoms with Crippen LogP contribution in [0.1, 0.15) is 57.8 Å². The molecule has 1 aromatic carbocycles. The Morgan fingerprint density at radius 3 is 2.48 bits per heavy atom. The van der Waals surface area contributed by atoms with Crippen molar-refractivity contribution >= 4 is 27.7 Å². The number of carbonyl (C=O) groups excluding carboxylic acids is 1. The number of halogens is 1. The zero-order chi connectivity index (χ0) is 20.2. The number of nitrogens with zero attached hydrogens (tertiary/aromatic N) is 1. The highest BCUT2D eigenvalue weighted by Crippen LogP contribution is 2.28. The van der Waals surface area contributed by atoms with Gasteiger partial charge in [0.2, 0.25) is 10.0 Å². The SMILES string of the molecule is CCC(c1cccc(Cl)c1)S(=O)(=O)NC1CCN(C(=O)OC(C)(C)C)CC1. The number of sulfonamides is 1. The quantitative estimate of drug-likeness (QED) is 0.783. The number of hydrogen-bond donors (Lipinski definition) is 1. The number of carbonyl (C=O) groups is 1. The van der Waals surface area contributed by atoms with Crippen LogP contribution in [-0.4, -0.2) is 44.1 Å². The summed E-state index contributed by atoms with van der Waals surface area (Å²) in [5.74, 6) is 0. The standard InChI is InChI=1S/C19H29ClN2O4S/c1-5-17(14-7-6-8-15(20)13-14)27(24,25)21-16-9-11-22(12-10-16)18(23)26-19(2,3)4/h6-8,13,16-17,21H,5,9-12H2,1-4H3. The molecule has 8 heteroatoms. The fourth-order valence-electron chi connectivity index (χ4n) is 3.16. The van der Waals surface area contributed by atoms with E-state index < -0.39 is 20.9 Å². The van der Waals surface area contributed by atoms with E-state index in [0.717, 1.165) is 0 Å². The minimum atomic E-state index is -3.55. The van der Waals surface area contributed by atoms with Crippen LogP contribution in [0.2, 0.25) is 5.02 Å². The van der Waals surface area contributed by atoms with E-state index in [4.69, 9.17) is 16.3 Å². The van der Waals surface area contributed by atoms with Gasteiger partial charge in [-0.2, -0.15) is 0 Å². The third kappa shape index (κ3) is 6.36. The Morgan fingerprint density at radius 1 is 1.33 bits per heavy atom. The molecular formula is C19H29ClN2O4S. The summed E-state index contributed by atoms with van der Waals surface area (Å²) in [5.41, 5.74) is 0.143. The van der Waals surface area contributed by atoms with Crippen molar-refractivity contribution in [1.29, 1.82) is 0 Å². The maximum Gasteiger partial charge on any atom is 0.410 e. The van der Waals surface area contributed by atoms with Gasteiger partial charge in [0.15, 0.2) is 0 Å². The van der Waals surface area contributed by atoms with Gasteiger partial charge in [-0.1, -0.05) is 30.7 Å². The molecular weight excluding hydrogens is 388 g/mol. The van der Waals surface area contributed by atoms with Crippen LogP contribution >= 0.6 is 11.6 Å². The molecule has 1 N–H and O–H groups in total. The summed E-state index contributed by atoms with van der Waals surface area (Å²) in [6, 6.07) is 6.77. The lowest BCUT2D eigenvalue weighted by molar-refractivity contribution is 0.0203. The van der Waals surface area contributed by atoms with E-state index in [9.17, 15) is 13.2 Å². The maximum absolute atomic E-state index is 12.9. The van der Waals surface area contributed by atoms with Crippen LogP contribution in [-0.2, 0) is 14.8 Å². The van der Waals surface area contributed by atoms with E-state index in [1.165, 1.54) is 0 Å². The molecule has 1 fully saturated rings. The molecule has 2 rings (SSSR count). The summed E-state index contributed by atoms with van der Waals surface area (Å²) in [4.78, 5) is 13.8. The van der Waals surface area contributed by atoms with Gasteiger partial charge in [0.05, 0.1) is 0 Å². The maximum atomic E-state index is 12.9. The van der Waals surface area contributed by atoms with E-state index in [1.54, 1.807) is 29.2 Å². The number of likely N-dealkylation sites (tertiary alicyclic amines) is 1. The molecule has 1 aliphatic heterocycles. The van der Waals surface area contributed by atoms with E-state index in [2.05, 4.69) is 4.72 Å². The summed E-state index contributed by atoms with van der Waals surface area (Å²) in [5, 5.41) is -0.132. The Morgan fingerprint density at radius 2 is 1.96 bits per heavy atom. The van der Waals surface area contributed by atoms with Crippen molar-refractivity contribution in [3.8, 4) is 0 Å². The zero-order valence-electron chi connectivity index (χ0n) is 16.4. The fourth-order valence-corrected chi connectivity index (χ4v) is 5.17. The van der Waals surface area contributed by atoms with Crippen molar-refractivity contribution in [3.05, 3.63) is 34.9 Å². The molecule has 0 aliphatic carbocycles. The molecule has 27 heavy (non-hydrogen) atoms. The molecule has 0 spiro atoms. The van der Waals surface area contributed by atoms with Gasteiger partial charge in [-0.15, -0.1) is 0 Å². The minimum Gasteiger partial charge on any atom is -0.444 e. The highest BCUT2D eigenvalue weighted by atomic mass is 35.5. The lowest BCUT2D eigenvalue weighted by Crippen LogP contribution is -2.48. The first-order valence-corrected chi connectivity index (χ1v) is 11.2. The largest absolute Gasteiger partial charge is 0.444 e. The van der Waals surface area contributed by atoms with Gasteiger partial charge in [-0.05, 0) is 57.7 Å². The van der Waals surface area contributed by atoms with Crippen LogP contribution in [0.5, 0.6) is 0 Å². The van der Waals surface area contributed by atoms with Crippen LogP contribution in [0.3, 0.4) is 0 Å². The van der Waals surface area contributed by atoms with Crippen molar-refractivity contribution < 1.29 is 17.9 Å². The number of ether oxygens (including phenoxy) is 1. The predicted octanol–water partition coefficient (Wildman–Crippen LogP) is 4.11. The van der Waals surface area contributed by atoms with E-state index in [-0.39, 0.29) is 12.1 Å². The molecule has 1 saturated heterocycles. The second-order valence-electron chi connectivity index (χ2n) is 7.86. The molecule has 1 amide bonds. The monoisotopic (exact) mass is 416 g/mol. The van der Waals surface area contributed by atoms with Crippen LogP contribution in [0.15, 0.2) is 24.3 Å². The predicted molar refractivity (Wildman–Crippen MR) is 107 cm³/mol. The van der Waals surface area contributed by atoms with Crippen LogP contribution < -0.4 is 4.72 Å². The van der Waals surface area contributed by atoms with Crippen molar-refractivity contribution in [2.45, 2.75) is 63.9 Å². The van der Waals surface area contributed by atoms with E-state index in [1.807, 2.05) is 27.7 Å². The molecule has 6 nitrogen and oxygen atoms in total. The normalized spacial score (nSPS) is 17.6. The summed E-state index contributed by atoms with van der Waals surface area (Å²) in [7, 11) is -3.55. The molecule has 1 aliphatic rings. The summed E-state index contributed by atoms with van der Waals surface area (Å²) in [6.45, 7) is 8.26. The summed E-state index contributed by atoms with van der Waals surface area (Å²) in [6.07, 6.45) is 1.22. The molecule has 0 bridgehead atoms. The van der Waals surface area contributed by atoms with Crippen molar-refractivity contribution in [1.82, 2.24) is 9.62 Å². The third-order valence-corrected chi connectivity index (χ3v) is 6.69. The second-order valence-corrected chi connectivity index (χ2v) is 10.2. The Hall–Kier alpha value is -1.31. The van der Waals surface area contributed by atoms with Gasteiger partial charge < -0.3 is 9.64 Å². The zero-order valence-corrected chi connectivity index (χ0v) is 17.9. The molecule has 152 valence electrons. The first kappa shape index (κ1) is 22.0. The van der Waals surface area contributed by atoms with Crippen LogP contribution in [0, 0.1) is 0 Å². The number of benzene rings is 1. The fraction of sp³-hybridized carbons (Fsp3) is 0.632. The van der Waals surface area contributed by atoms with Crippen molar-refractivity contribution in [2.75, 3.05) is 13.1 Å². The van der Waals surface area contributed by atoms with E-state index >= 15 is 0 Å².